The van der Waals surface area contributed by atoms with Crippen LogP contribution in [0.2, 0.25) is 5.02 Å². The molecule has 0 atom stereocenters. The fourth-order valence-corrected chi connectivity index (χ4v) is 4.00. The molecular formula is C22H12ClF3N4O3. The highest BCUT2D eigenvalue weighted by molar-refractivity contribution is 6.41. The topological polar surface area (TPSA) is 77.3 Å². The van der Waals surface area contributed by atoms with Gasteiger partial charge in [-0.25, -0.2) is 14.6 Å². The van der Waals surface area contributed by atoms with Gasteiger partial charge in [0.15, 0.2) is 5.65 Å². The quantitative estimate of drug-likeness (QED) is 0.388. The molecule has 2 amide bonds. The van der Waals surface area contributed by atoms with Crippen LogP contribution in [-0.2, 0) is 0 Å². The molecule has 11 heteroatoms. The maximum atomic E-state index is 13.3. The molecule has 0 radical (unpaired) electrons. The third-order valence-electron chi connectivity index (χ3n) is 5.13. The maximum Gasteiger partial charge on any atom is 0.573 e. The van der Waals surface area contributed by atoms with Crippen molar-refractivity contribution in [1.82, 2.24) is 14.8 Å². The van der Waals surface area contributed by atoms with E-state index in [0.717, 1.165) is 17.0 Å². The Balaban J connectivity index is 1.61. The van der Waals surface area contributed by atoms with Crippen molar-refractivity contribution in [3.63, 3.8) is 0 Å². The number of benzene rings is 2. The van der Waals surface area contributed by atoms with E-state index in [1.807, 2.05) is 0 Å². The van der Waals surface area contributed by atoms with Crippen molar-refractivity contribution < 1.29 is 27.5 Å². The van der Waals surface area contributed by atoms with E-state index in [1.54, 1.807) is 31.2 Å². The van der Waals surface area contributed by atoms with Crippen LogP contribution in [-0.4, -0.2) is 32.9 Å². The largest absolute Gasteiger partial charge is 0.573 e. The molecule has 166 valence electrons. The molecule has 0 N–H and O–H groups in total. The number of amides is 2. The fraction of sp³-hybridized carbons (Fsp3) is 0.0909. The molecular weight excluding hydrogens is 461 g/mol. The summed E-state index contributed by atoms with van der Waals surface area (Å²) in [5, 5.41) is 5.01. The number of aryl methyl sites for hydroxylation is 1. The van der Waals surface area contributed by atoms with Gasteiger partial charge in [-0.1, -0.05) is 23.7 Å². The van der Waals surface area contributed by atoms with Crippen molar-refractivity contribution in [1.29, 1.82) is 0 Å². The Hall–Kier alpha value is -3.92. The Morgan fingerprint density at radius 2 is 1.70 bits per heavy atom. The number of carbonyl (C=O) groups excluding carboxylic acids is 2. The van der Waals surface area contributed by atoms with Crippen molar-refractivity contribution in [3.8, 4) is 11.4 Å². The van der Waals surface area contributed by atoms with Crippen molar-refractivity contribution in [2.24, 2.45) is 0 Å². The second kappa shape index (κ2) is 7.31. The van der Waals surface area contributed by atoms with E-state index in [9.17, 15) is 22.8 Å². The highest BCUT2D eigenvalue weighted by atomic mass is 35.5. The van der Waals surface area contributed by atoms with Crippen LogP contribution in [0.3, 0.4) is 0 Å². The van der Waals surface area contributed by atoms with Gasteiger partial charge in [-0.15, -0.1) is 13.2 Å². The Labute approximate surface area is 189 Å². The van der Waals surface area contributed by atoms with Crippen LogP contribution in [0, 0.1) is 6.92 Å². The molecule has 0 unspecified atom stereocenters. The number of hydrogen-bond donors (Lipinski definition) is 0. The molecule has 0 saturated heterocycles. The minimum absolute atomic E-state index is 0.115. The number of pyridine rings is 1. The zero-order chi connectivity index (χ0) is 23.5. The number of aromatic nitrogens is 3. The third-order valence-corrected chi connectivity index (χ3v) is 5.45. The number of ether oxygens (including phenoxy) is 1. The molecule has 1 aliphatic heterocycles. The first-order chi connectivity index (χ1) is 15.7. The van der Waals surface area contributed by atoms with E-state index in [-0.39, 0.29) is 33.2 Å². The van der Waals surface area contributed by atoms with Gasteiger partial charge in [-0.05, 0) is 43.3 Å². The average molecular weight is 473 g/mol. The van der Waals surface area contributed by atoms with Gasteiger partial charge in [0.1, 0.15) is 5.75 Å². The molecule has 33 heavy (non-hydrogen) atoms. The van der Waals surface area contributed by atoms with Crippen LogP contribution in [0.1, 0.15) is 26.4 Å². The first kappa shape index (κ1) is 21.0. The average Bonchev–Trinajstić information content (AvgIpc) is 3.22. The van der Waals surface area contributed by atoms with Crippen molar-refractivity contribution in [2.75, 3.05) is 4.90 Å². The number of halogens is 4. The first-order valence-electron chi connectivity index (χ1n) is 9.53. The fourth-order valence-electron chi connectivity index (χ4n) is 3.78. The summed E-state index contributed by atoms with van der Waals surface area (Å²) in [6, 6.07) is 11.5. The molecule has 2 aromatic heterocycles. The number of nitrogens with zero attached hydrogens (tertiary/aromatic N) is 4. The van der Waals surface area contributed by atoms with Gasteiger partial charge < -0.3 is 4.74 Å². The minimum atomic E-state index is -4.81. The number of fused-ring (bicyclic) bond motifs is 3. The van der Waals surface area contributed by atoms with Crippen LogP contribution >= 0.6 is 11.6 Å². The van der Waals surface area contributed by atoms with Gasteiger partial charge >= 0.3 is 6.36 Å². The summed E-state index contributed by atoms with van der Waals surface area (Å²) >= 11 is 6.21. The highest BCUT2D eigenvalue weighted by Gasteiger charge is 2.40. The molecule has 1 aliphatic rings. The SMILES string of the molecule is Cc1nn(-c2ccc(OC(F)(F)F)cc2)c2ncc3c(c12)C(=O)N(c1ccccc1Cl)C3=O. The molecule has 0 bridgehead atoms. The zero-order valence-corrected chi connectivity index (χ0v) is 17.5. The Morgan fingerprint density at radius 3 is 2.36 bits per heavy atom. The smallest absolute Gasteiger partial charge is 0.406 e. The molecule has 5 rings (SSSR count). The van der Waals surface area contributed by atoms with Crippen LogP contribution in [0.4, 0.5) is 18.9 Å². The molecule has 0 aliphatic carbocycles. The van der Waals surface area contributed by atoms with Crippen LogP contribution < -0.4 is 9.64 Å². The number of hydrogen-bond acceptors (Lipinski definition) is 5. The number of carbonyl (C=O) groups is 2. The van der Waals surface area contributed by atoms with Crippen LogP contribution in [0.15, 0.2) is 54.7 Å². The van der Waals surface area contributed by atoms with Gasteiger partial charge in [0.05, 0.1) is 38.6 Å². The number of anilines is 1. The number of alkyl halides is 3. The lowest BCUT2D eigenvalue weighted by atomic mass is 10.1. The van der Waals surface area contributed by atoms with Gasteiger partial charge in [-0.2, -0.15) is 5.10 Å². The second-order valence-corrected chi connectivity index (χ2v) is 7.59. The normalized spacial score (nSPS) is 13.7. The van der Waals surface area contributed by atoms with Gasteiger partial charge in [-0.3, -0.25) is 9.59 Å². The van der Waals surface area contributed by atoms with E-state index in [2.05, 4.69) is 14.8 Å². The number of imide groups is 1. The standard InChI is InChI=1S/C22H12ClF3N4O3/c1-11-17-18-14(20(31)29(21(18)32)16-5-3-2-4-15(16)23)10-27-19(17)30(28-11)12-6-8-13(9-7-12)33-22(24,25)26/h2-10H,1H3. The molecule has 0 saturated carbocycles. The van der Waals surface area contributed by atoms with Crippen molar-refractivity contribution in [3.05, 3.63) is 76.6 Å². The predicted octanol–water partition coefficient (Wildman–Crippen LogP) is 5.08. The summed E-state index contributed by atoms with van der Waals surface area (Å²) in [4.78, 5) is 31.6. The number of rotatable bonds is 3. The van der Waals surface area contributed by atoms with E-state index in [1.165, 1.54) is 23.0 Å². The van der Waals surface area contributed by atoms with Crippen LogP contribution in [0.5, 0.6) is 5.75 Å². The Kier molecular flexibility index (Phi) is 4.64. The molecule has 0 fully saturated rings. The van der Waals surface area contributed by atoms with Gasteiger partial charge in [0, 0.05) is 6.20 Å². The van der Waals surface area contributed by atoms with E-state index in [4.69, 9.17) is 11.6 Å². The lowest BCUT2D eigenvalue weighted by Gasteiger charge is -2.15. The highest BCUT2D eigenvalue weighted by Crippen LogP contribution is 2.37. The Bertz CT molecular complexity index is 1450. The summed E-state index contributed by atoms with van der Waals surface area (Å²) in [5.74, 6) is -1.50. The van der Waals surface area contributed by atoms with Crippen LogP contribution in [0.25, 0.3) is 16.7 Å². The summed E-state index contributed by atoms with van der Waals surface area (Å²) < 4.78 is 42.6. The maximum absolute atomic E-state index is 13.3. The van der Waals surface area contributed by atoms with Gasteiger partial charge in [0.2, 0.25) is 0 Å². The summed E-state index contributed by atoms with van der Waals surface area (Å²) in [6.07, 6.45) is -3.52. The molecule has 2 aromatic carbocycles. The molecule has 4 aromatic rings. The first-order valence-corrected chi connectivity index (χ1v) is 9.91. The second-order valence-electron chi connectivity index (χ2n) is 7.18. The zero-order valence-electron chi connectivity index (χ0n) is 16.7. The van der Waals surface area contributed by atoms with E-state index >= 15 is 0 Å². The lowest BCUT2D eigenvalue weighted by molar-refractivity contribution is -0.274. The lowest BCUT2D eigenvalue weighted by Crippen LogP contribution is -2.29. The minimum Gasteiger partial charge on any atom is -0.406 e. The number of para-hydroxylation sites is 1. The predicted molar refractivity (Wildman–Crippen MR) is 113 cm³/mol. The van der Waals surface area contributed by atoms with Crippen molar-refractivity contribution >= 4 is 40.1 Å². The summed E-state index contributed by atoms with van der Waals surface area (Å²) in [5.41, 5.74) is 1.61. The van der Waals surface area contributed by atoms with E-state index < -0.39 is 18.2 Å². The summed E-state index contributed by atoms with van der Waals surface area (Å²) in [7, 11) is 0. The van der Waals surface area contributed by atoms with Crippen molar-refractivity contribution in [2.45, 2.75) is 13.3 Å². The molecule has 7 nitrogen and oxygen atoms in total. The Morgan fingerprint density at radius 1 is 1.00 bits per heavy atom. The van der Waals surface area contributed by atoms with Gasteiger partial charge in [0.25, 0.3) is 11.8 Å². The summed E-state index contributed by atoms with van der Waals surface area (Å²) in [6.45, 7) is 1.65. The third kappa shape index (κ3) is 3.39. The van der Waals surface area contributed by atoms with E-state index in [0.29, 0.717) is 16.8 Å². The molecule has 0 spiro atoms. The molecule has 3 heterocycles. The monoisotopic (exact) mass is 472 g/mol.